The van der Waals surface area contributed by atoms with Crippen LogP contribution in [0.1, 0.15) is 19.4 Å². The molecule has 0 saturated heterocycles. The van der Waals surface area contributed by atoms with Crippen LogP contribution in [0.4, 0.5) is 5.82 Å². The Morgan fingerprint density at radius 1 is 1.38 bits per heavy atom. The Hall–Kier alpha value is -0.610. The molecular weight excluding hydrogens is 266 g/mol. The molecule has 16 heavy (non-hydrogen) atoms. The summed E-state index contributed by atoms with van der Waals surface area (Å²) in [5.41, 5.74) is 1.21. The number of aromatic nitrogens is 1. The largest absolute Gasteiger partial charge is 0.369 e. The summed E-state index contributed by atoms with van der Waals surface area (Å²) in [6.45, 7) is 10.6. The molecule has 0 atom stereocenters. The van der Waals surface area contributed by atoms with Crippen LogP contribution in [-0.2, 0) is 0 Å². The highest BCUT2D eigenvalue weighted by Gasteiger charge is 2.00. The number of likely N-dealkylation sites (N-methyl/N-ethyl adjacent to an activating group) is 1. The molecule has 0 radical (unpaired) electrons. The fourth-order valence-electron chi connectivity index (χ4n) is 1.52. The lowest BCUT2D eigenvalue weighted by Crippen LogP contribution is -2.28. The van der Waals surface area contributed by atoms with Crippen LogP contribution in [0.15, 0.2) is 16.7 Å². The van der Waals surface area contributed by atoms with Gasteiger partial charge in [-0.1, -0.05) is 13.8 Å². The van der Waals surface area contributed by atoms with E-state index in [1.807, 2.05) is 6.20 Å². The number of aryl methyl sites for hydroxylation is 1. The van der Waals surface area contributed by atoms with Crippen LogP contribution in [0.25, 0.3) is 0 Å². The first-order valence-corrected chi connectivity index (χ1v) is 6.55. The van der Waals surface area contributed by atoms with Crippen molar-refractivity contribution in [3.8, 4) is 0 Å². The highest BCUT2D eigenvalue weighted by molar-refractivity contribution is 9.10. The van der Waals surface area contributed by atoms with Crippen LogP contribution in [0.2, 0.25) is 0 Å². The summed E-state index contributed by atoms with van der Waals surface area (Å²) in [6, 6.07) is 2.06. The molecule has 1 N–H and O–H groups in total. The molecule has 4 heteroatoms. The zero-order valence-corrected chi connectivity index (χ0v) is 11.8. The molecule has 0 aliphatic rings. The van der Waals surface area contributed by atoms with Gasteiger partial charge in [-0.2, -0.15) is 0 Å². The second kappa shape index (κ2) is 6.86. The average Bonchev–Trinajstić information content (AvgIpc) is 2.29. The maximum atomic E-state index is 4.31. The standard InChI is InChI=1S/C12H20BrN3/c1-4-16(5-2)7-6-14-12-8-10(3)11(13)9-15-12/h8-9H,4-7H2,1-3H3,(H,14,15). The van der Waals surface area contributed by atoms with E-state index >= 15 is 0 Å². The van der Waals surface area contributed by atoms with Crippen LogP contribution < -0.4 is 5.32 Å². The second-order valence-electron chi connectivity index (χ2n) is 3.77. The third kappa shape index (κ3) is 4.10. The molecule has 0 saturated carbocycles. The molecular formula is C12H20BrN3. The summed E-state index contributed by atoms with van der Waals surface area (Å²) in [4.78, 5) is 6.70. The van der Waals surface area contributed by atoms with Gasteiger partial charge >= 0.3 is 0 Å². The van der Waals surface area contributed by atoms with Crippen molar-refractivity contribution < 1.29 is 0 Å². The van der Waals surface area contributed by atoms with Gasteiger partial charge in [-0.3, -0.25) is 0 Å². The Labute approximate surface area is 106 Å². The maximum absolute atomic E-state index is 4.31. The lowest BCUT2D eigenvalue weighted by atomic mass is 10.3. The second-order valence-corrected chi connectivity index (χ2v) is 4.63. The molecule has 0 aromatic carbocycles. The Kier molecular flexibility index (Phi) is 5.77. The monoisotopic (exact) mass is 285 g/mol. The van der Waals surface area contributed by atoms with Crippen molar-refractivity contribution in [2.45, 2.75) is 20.8 Å². The predicted molar refractivity (Wildman–Crippen MR) is 73.0 cm³/mol. The predicted octanol–water partition coefficient (Wildman–Crippen LogP) is 2.91. The van der Waals surface area contributed by atoms with E-state index in [4.69, 9.17) is 0 Å². The van der Waals surface area contributed by atoms with Gasteiger partial charge in [0.1, 0.15) is 5.82 Å². The first kappa shape index (κ1) is 13.5. The third-order valence-corrected chi connectivity index (χ3v) is 3.51. The van der Waals surface area contributed by atoms with Gasteiger partial charge in [0.2, 0.25) is 0 Å². The number of nitrogens with zero attached hydrogens (tertiary/aromatic N) is 2. The Balaban J connectivity index is 2.40. The number of nitrogens with one attached hydrogen (secondary N) is 1. The van der Waals surface area contributed by atoms with E-state index in [1.165, 1.54) is 5.56 Å². The first-order valence-electron chi connectivity index (χ1n) is 5.75. The molecule has 1 heterocycles. The molecule has 0 spiro atoms. The summed E-state index contributed by atoms with van der Waals surface area (Å²) in [5.74, 6) is 0.952. The van der Waals surface area contributed by atoms with Gasteiger partial charge in [-0.25, -0.2) is 4.98 Å². The molecule has 90 valence electrons. The van der Waals surface area contributed by atoms with E-state index in [9.17, 15) is 0 Å². The molecule has 1 aromatic heterocycles. The summed E-state index contributed by atoms with van der Waals surface area (Å²) in [5, 5.41) is 3.34. The number of rotatable bonds is 6. The van der Waals surface area contributed by atoms with Crippen molar-refractivity contribution in [2.24, 2.45) is 0 Å². The van der Waals surface area contributed by atoms with Gasteiger partial charge < -0.3 is 10.2 Å². The van der Waals surface area contributed by atoms with E-state index in [-0.39, 0.29) is 0 Å². The smallest absolute Gasteiger partial charge is 0.126 e. The van der Waals surface area contributed by atoms with E-state index in [0.717, 1.165) is 36.5 Å². The van der Waals surface area contributed by atoms with Crippen molar-refractivity contribution in [3.63, 3.8) is 0 Å². The molecule has 3 nitrogen and oxygen atoms in total. The molecule has 0 amide bonds. The highest BCUT2D eigenvalue weighted by atomic mass is 79.9. The van der Waals surface area contributed by atoms with Gasteiger partial charge in [-0.15, -0.1) is 0 Å². The average molecular weight is 286 g/mol. The van der Waals surface area contributed by atoms with E-state index in [1.54, 1.807) is 0 Å². The zero-order chi connectivity index (χ0) is 12.0. The fraction of sp³-hybridized carbons (Fsp3) is 0.583. The topological polar surface area (TPSA) is 28.2 Å². The molecule has 0 bridgehead atoms. The number of pyridine rings is 1. The van der Waals surface area contributed by atoms with Gasteiger partial charge in [-0.05, 0) is 47.6 Å². The van der Waals surface area contributed by atoms with Crippen molar-refractivity contribution >= 4 is 21.7 Å². The fourth-order valence-corrected chi connectivity index (χ4v) is 1.73. The van der Waals surface area contributed by atoms with Crippen molar-refractivity contribution in [3.05, 3.63) is 22.3 Å². The highest BCUT2D eigenvalue weighted by Crippen LogP contribution is 2.16. The van der Waals surface area contributed by atoms with Gasteiger partial charge in [0.05, 0.1) is 0 Å². The van der Waals surface area contributed by atoms with Gasteiger partial charge in [0.25, 0.3) is 0 Å². The SMILES string of the molecule is CCN(CC)CCNc1cc(C)c(Br)cn1. The number of hydrogen-bond acceptors (Lipinski definition) is 3. The van der Waals surface area contributed by atoms with Crippen molar-refractivity contribution in [2.75, 3.05) is 31.5 Å². The van der Waals surface area contributed by atoms with Crippen molar-refractivity contribution in [1.82, 2.24) is 9.88 Å². The van der Waals surface area contributed by atoms with Crippen LogP contribution in [0.5, 0.6) is 0 Å². The molecule has 0 fully saturated rings. The molecule has 0 aliphatic heterocycles. The minimum atomic E-state index is 0.940. The lowest BCUT2D eigenvalue weighted by molar-refractivity contribution is 0.316. The van der Waals surface area contributed by atoms with Crippen LogP contribution in [-0.4, -0.2) is 36.1 Å². The quantitative estimate of drug-likeness (QED) is 0.871. The molecule has 0 unspecified atom stereocenters. The zero-order valence-electron chi connectivity index (χ0n) is 10.3. The minimum Gasteiger partial charge on any atom is -0.369 e. The number of halogens is 1. The Morgan fingerprint density at radius 2 is 2.06 bits per heavy atom. The van der Waals surface area contributed by atoms with Gasteiger partial charge in [0.15, 0.2) is 0 Å². The minimum absolute atomic E-state index is 0.940. The number of anilines is 1. The summed E-state index contributed by atoms with van der Waals surface area (Å²) in [7, 11) is 0. The molecule has 1 rings (SSSR count). The third-order valence-electron chi connectivity index (χ3n) is 2.68. The summed E-state index contributed by atoms with van der Waals surface area (Å²) >= 11 is 3.44. The van der Waals surface area contributed by atoms with E-state index < -0.39 is 0 Å². The van der Waals surface area contributed by atoms with Crippen molar-refractivity contribution in [1.29, 1.82) is 0 Å². The van der Waals surface area contributed by atoms with Crippen LogP contribution in [0, 0.1) is 6.92 Å². The normalized spacial score (nSPS) is 10.8. The van der Waals surface area contributed by atoms with Crippen LogP contribution in [0.3, 0.4) is 0 Å². The first-order chi connectivity index (χ1) is 7.67. The Bertz CT molecular complexity index is 324. The summed E-state index contributed by atoms with van der Waals surface area (Å²) in [6.07, 6.45) is 1.84. The molecule has 0 aliphatic carbocycles. The van der Waals surface area contributed by atoms with E-state index in [0.29, 0.717) is 0 Å². The lowest BCUT2D eigenvalue weighted by Gasteiger charge is -2.18. The maximum Gasteiger partial charge on any atom is 0.126 e. The molecule has 1 aromatic rings. The number of hydrogen-bond donors (Lipinski definition) is 1. The van der Waals surface area contributed by atoms with E-state index in [2.05, 4.69) is 58.0 Å². The Morgan fingerprint density at radius 3 is 2.62 bits per heavy atom. The van der Waals surface area contributed by atoms with Gasteiger partial charge in [0, 0.05) is 23.8 Å². The van der Waals surface area contributed by atoms with Crippen LogP contribution >= 0.6 is 15.9 Å². The summed E-state index contributed by atoms with van der Waals surface area (Å²) < 4.78 is 1.06.